The first kappa shape index (κ1) is 29.4. The molecule has 0 radical (unpaired) electrons. The predicted molar refractivity (Wildman–Crippen MR) is 167 cm³/mol. The molecule has 212 valence electrons. The van der Waals surface area contributed by atoms with Gasteiger partial charge in [-0.2, -0.15) is 12.1 Å². The smallest absolute Gasteiger partial charge is 0.145 e. The first-order chi connectivity index (χ1) is 19.0. The molecule has 3 aromatic carbocycles. The molecule has 6 rings (SSSR count). The number of nitrogens with zero attached hydrogens (tertiary/aromatic N) is 3. The summed E-state index contributed by atoms with van der Waals surface area (Å²) in [6.45, 7) is 15.2. The van der Waals surface area contributed by atoms with Crippen molar-refractivity contribution in [2.45, 2.75) is 69.7 Å². The molecule has 0 amide bonds. The summed E-state index contributed by atoms with van der Waals surface area (Å²) >= 11 is 1.57. The van der Waals surface area contributed by atoms with Crippen LogP contribution in [0.15, 0.2) is 76.8 Å². The summed E-state index contributed by atoms with van der Waals surface area (Å²) < 4.78 is 2.27. The van der Waals surface area contributed by atoms with E-state index in [4.69, 9.17) is 9.97 Å². The summed E-state index contributed by atoms with van der Waals surface area (Å²) in [6, 6.07) is 24.8. The Bertz CT molecular complexity index is 1920. The van der Waals surface area contributed by atoms with Gasteiger partial charge in [-0.15, -0.1) is 11.5 Å². The van der Waals surface area contributed by atoms with Gasteiger partial charge in [-0.1, -0.05) is 92.7 Å². The van der Waals surface area contributed by atoms with Crippen molar-refractivity contribution >= 4 is 44.5 Å². The van der Waals surface area contributed by atoms with Crippen LogP contribution >= 0.6 is 11.8 Å². The average molecular weight is 740 g/mol. The minimum Gasteiger partial charge on any atom is -0.505 e. The van der Waals surface area contributed by atoms with Crippen LogP contribution in [-0.2, 0) is 26.5 Å². The molecule has 0 aliphatic rings. The second-order valence-electron chi connectivity index (χ2n) is 11.9. The Morgan fingerprint density at radius 3 is 2.37 bits per heavy atom. The molecule has 0 bridgehead atoms. The van der Waals surface area contributed by atoms with E-state index in [9.17, 15) is 5.11 Å². The Labute approximate surface area is 260 Å². The summed E-state index contributed by atoms with van der Waals surface area (Å²) in [5, 5.41) is 15.3. The van der Waals surface area contributed by atoms with Crippen LogP contribution in [0.4, 0.5) is 0 Å². The first-order valence-corrected chi connectivity index (χ1v) is 14.6. The SMILES string of the molecule is Cc1cc(Sc2[c-]c3c(cc2)c2c(C)ccc(C(C)(C)C)c2n3-c2ccccn2)nc2c(O)c(C(C)C)ccc12.[Pt]. The summed E-state index contributed by atoms with van der Waals surface area (Å²) in [7, 11) is 0. The number of aromatic nitrogens is 3. The van der Waals surface area contributed by atoms with Crippen molar-refractivity contribution in [3.05, 3.63) is 95.2 Å². The van der Waals surface area contributed by atoms with E-state index in [1.165, 1.54) is 22.0 Å². The average Bonchev–Trinajstić information content (AvgIpc) is 3.24. The van der Waals surface area contributed by atoms with Crippen LogP contribution in [0.25, 0.3) is 38.5 Å². The van der Waals surface area contributed by atoms with Crippen LogP contribution in [-0.4, -0.2) is 19.6 Å². The molecule has 0 unspecified atom stereocenters. The molecular weight excluding hydrogens is 706 g/mol. The Kier molecular flexibility index (Phi) is 7.82. The zero-order valence-corrected chi connectivity index (χ0v) is 27.5. The van der Waals surface area contributed by atoms with E-state index in [0.717, 1.165) is 43.2 Å². The summed E-state index contributed by atoms with van der Waals surface area (Å²) in [5.74, 6) is 1.37. The number of phenols is 1. The third-order valence-electron chi connectivity index (χ3n) is 7.69. The Balaban J connectivity index is 0.00000337. The first-order valence-electron chi connectivity index (χ1n) is 13.8. The largest absolute Gasteiger partial charge is 0.505 e. The molecule has 0 aliphatic heterocycles. The summed E-state index contributed by atoms with van der Waals surface area (Å²) in [5.41, 5.74) is 7.31. The molecule has 6 heteroatoms. The van der Waals surface area contributed by atoms with Crippen molar-refractivity contribution in [3.63, 3.8) is 0 Å². The van der Waals surface area contributed by atoms with Crippen LogP contribution in [0.3, 0.4) is 0 Å². The normalized spacial score (nSPS) is 12.0. The molecule has 1 N–H and O–H groups in total. The molecule has 0 fully saturated rings. The second-order valence-corrected chi connectivity index (χ2v) is 13.0. The van der Waals surface area contributed by atoms with Crippen molar-refractivity contribution in [1.29, 1.82) is 0 Å². The molecule has 0 saturated heterocycles. The van der Waals surface area contributed by atoms with Gasteiger partial charge in [-0.25, -0.2) is 9.97 Å². The van der Waals surface area contributed by atoms with Gasteiger partial charge in [-0.3, -0.25) is 0 Å². The molecule has 0 spiro atoms. The van der Waals surface area contributed by atoms with Crippen LogP contribution in [0.2, 0.25) is 0 Å². The molecule has 0 aliphatic carbocycles. The Morgan fingerprint density at radius 2 is 1.68 bits per heavy atom. The minimum absolute atomic E-state index is 0. The minimum atomic E-state index is -0.0478. The van der Waals surface area contributed by atoms with Crippen molar-refractivity contribution in [2.75, 3.05) is 0 Å². The van der Waals surface area contributed by atoms with E-state index < -0.39 is 0 Å². The molecule has 3 heterocycles. The maximum atomic E-state index is 11.0. The topological polar surface area (TPSA) is 50.9 Å². The number of pyridine rings is 2. The second kappa shape index (κ2) is 10.9. The number of benzene rings is 3. The Hall–Kier alpha value is -3.14. The zero-order chi connectivity index (χ0) is 28.3. The van der Waals surface area contributed by atoms with E-state index in [2.05, 4.69) is 102 Å². The molecule has 4 nitrogen and oxygen atoms in total. The number of hydrogen-bond acceptors (Lipinski definition) is 4. The zero-order valence-electron chi connectivity index (χ0n) is 24.4. The number of aryl methyl sites for hydroxylation is 2. The monoisotopic (exact) mass is 739 g/mol. The summed E-state index contributed by atoms with van der Waals surface area (Å²) in [4.78, 5) is 10.6. The van der Waals surface area contributed by atoms with Crippen molar-refractivity contribution < 1.29 is 26.2 Å². The maximum absolute atomic E-state index is 11.0. The van der Waals surface area contributed by atoms with Crippen LogP contribution in [0, 0.1) is 19.9 Å². The van der Waals surface area contributed by atoms with E-state index in [0.29, 0.717) is 5.52 Å². The van der Waals surface area contributed by atoms with Crippen molar-refractivity contribution in [2.24, 2.45) is 0 Å². The van der Waals surface area contributed by atoms with Gasteiger partial charge in [0.1, 0.15) is 17.1 Å². The fourth-order valence-corrected chi connectivity index (χ4v) is 6.54. The van der Waals surface area contributed by atoms with Gasteiger partial charge < -0.3 is 9.67 Å². The number of rotatable bonds is 4. The molecule has 41 heavy (non-hydrogen) atoms. The van der Waals surface area contributed by atoms with Crippen molar-refractivity contribution in [3.8, 4) is 11.6 Å². The van der Waals surface area contributed by atoms with Crippen LogP contribution < -0.4 is 0 Å². The van der Waals surface area contributed by atoms with Gasteiger partial charge in [0.05, 0.1) is 5.03 Å². The predicted octanol–water partition coefficient (Wildman–Crippen LogP) is 9.42. The summed E-state index contributed by atoms with van der Waals surface area (Å²) in [6.07, 6.45) is 1.85. The number of hydrogen-bond donors (Lipinski definition) is 1. The van der Waals surface area contributed by atoms with Gasteiger partial charge in [-0.05, 0) is 65.5 Å². The fourth-order valence-electron chi connectivity index (χ4n) is 5.66. The van der Waals surface area contributed by atoms with Gasteiger partial charge in [0, 0.05) is 38.2 Å². The molecule has 0 saturated carbocycles. The standard InChI is InChI=1S/C35H34N3OS.Pt/c1-20(2)24-14-15-25-22(4)18-30(37-32(25)34(24)39)40-23-12-13-26-28(19-23)38(29-10-8-9-17-36-29)33-27(35(5,6)7)16-11-21(3)31(26)33;/h8-18,20,39H,1-7H3;/q-1;. The van der Waals surface area contributed by atoms with Gasteiger partial charge in [0.25, 0.3) is 0 Å². The molecule has 6 aromatic rings. The van der Waals surface area contributed by atoms with E-state index in [1.807, 2.05) is 24.4 Å². The Morgan fingerprint density at radius 1 is 0.927 bits per heavy atom. The molecule has 0 atom stereocenters. The van der Waals surface area contributed by atoms with Gasteiger partial charge in [0.2, 0.25) is 0 Å². The molecular formula is C35H34N3OPtS-. The van der Waals surface area contributed by atoms with Crippen LogP contribution in [0.5, 0.6) is 5.75 Å². The van der Waals surface area contributed by atoms with Gasteiger partial charge >= 0.3 is 0 Å². The third kappa shape index (κ3) is 5.08. The van der Waals surface area contributed by atoms with Crippen molar-refractivity contribution in [1.82, 2.24) is 14.5 Å². The maximum Gasteiger partial charge on any atom is 0.145 e. The molecule has 3 aromatic heterocycles. The number of fused-ring (bicyclic) bond motifs is 4. The number of aromatic hydroxyl groups is 1. The van der Waals surface area contributed by atoms with Crippen LogP contribution in [0.1, 0.15) is 62.8 Å². The third-order valence-corrected chi connectivity index (χ3v) is 8.57. The number of phenolic OH excluding ortho intramolecular Hbond substituents is 1. The fraction of sp³-hybridized carbons (Fsp3) is 0.257. The van der Waals surface area contributed by atoms with E-state index in [1.54, 1.807) is 11.8 Å². The van der Waals surface area contributed by atoms with E-state index >= 15 is 0 Å². The van der Waals surface area contributed by atoms with Gasteiger partial charge in [0.15, 0.2) is 0 Å². The van der Waals surface area contributed by atoms with E-state index in [-0.39, 0.29) is 38.1 Å². The quantitative estimate of drug-likeness (QED) is 0.183.